The van der Waals surface area contributed by atoms with Crippen molar-refractivity contribution in [2.24, 2.45) is 5.73 Å². The van der Waals surface area contributed by atoms with Gasteiger partial charge in [-0.15, -0.1) is 0 Å². The molecule has 3 unspecified atom stereocenters. The lowest BCUT2D eigenvalue weighted by atomic mass is 9.96. The molecule has 1 aliphatic rings. The van der Waals surface area contributed by atoms with E-state index in [0.29, 0.717) is 5.92 Å². The van der Waals surface area contributed by atoms with Gasteiger partial charge in [-0.05, 0) is 29.5 Å². The Kier molecular flexibility index (Phi) is 3.69. The van der Waals surface area contributed by atoms with Crippen molar-refractivity contribution < 1.29 is 4.21 Å². The van der Waals surface area contributed by atoms with Gasteiger partial charge in [0.2, 0.25) is 0 Å². The molecule has 0 saturated heterocycles. The normalized spacial score (nSPS) is 27.5. The van der Waals surface area contributed by atoms with Gasteiger partial charge >= 0.3 is 0 Å². The molecule has 3 atom stereocenters. The lowest BCUT2D eigenvalue weighted by Crippen LogP contribution is -2.23. The van der Waals surface area contributed by atoms with Crippen molar-refractivity contribution in [3.63, 3.8) is 0 Å². The summed E-state index contributed by atoms with van der Waals surface area (Å²) < 4.78 is 12.3. The molecule has 0 aliphatic carbocycles. The molecule has 0 fully saturated rings. The van der Waals surface area contributed by atoms with Gasteiger partial charge in [0.25, 0.3) is 0 Å². The first kappa shape index (κ1) is 12.8. The maximum atomic E-state index is 12.3. The van der Waals surface area contributed by atoms with Crippen molar-refractivity contribution in [1.29, 1.82) is 0 Å². The Labute approximate surface area is 106 Å². The van der Waals surface area contributed by atoms with Crippen molar-refractivity contribution in [1.82, 2.24) is 0 Å². The maximum absolute atomic E-state index is 12.3. The molecule has 0 bridgehead atoms. The first-order valence-electron chi connectivity index (χ1n) is 6.36. The number of benzene rings is 1. The van der Waals surface area contributed by atoms with Crippen molar-refractivity contribution in [3.05, 3.63) is 29.3 Å². The molecular weight excluding hydrogens is 230 g/mol. The summed E-state index contributed by atoms with van der Waals surface area (Å²) >= 11 is 0. The monoisotopic (exact) mass is 251 g/mol. The molecule has 0 aromatic heterocycles. The van der Waals surface area contributed by atoms with Gasteiger partial charge in [0, 0.05) is 10.9 Å². The van der Waals surface area contributed by atoms with Crippen LogP contribution in [0.3, 0.4) is 0 Å². The van der Waals surface area contributed by atoms with Crippen LogP contribution in [0, 0.1) is 0 Å². The molecule has 3 heteroatoms. The second-order valence-electron chi connectivity index (χ2n) is 5.10. The lowest BCUT2D eigenvalue weighted by molar-refractivity contribution is 0.606. The standard InChI is InChI=1S/C14H21NOS/c1-4-5-13-14(15)11-8-10(9(2)3)6-7-12(11)17(13)16/h6-9,13-14H,4-5,15H2,1-3H3. The van der Waals surface area contributed by atoms with E-state index in [0.717, 1.165) is 23.3 Å². The average molecular weight is 251 g/mol. The Hall–Kier alpha value is -0.670. The molecule has 0 saturated carbocycles. The minimum Gasteiger partial charge on any atom is -0.323 e. The van der Waals surface area contributed by atoms with Crippen molar-refractivity contribution in [3.8, 4) is 0 Å². The third-order valence-corrected chi connectivity index (χ3v) is 5.41. The van der Waals surface area contributed by atoms with E-state index in [-0.39, 0.29) is 11.3 Å². The summed E-state index contributed by atoms with van der Waals surface area (Å²) in [7, 11) is -0.912. The molecule has 2 nitrogen and oxygen atoms in total. The molecule has 1 aromatic carbocycles. The fourth-order valence-electron chi connectivity index (χ4n) is 2.44. The Morgan fingerprint density at radius 2 is 2.12 bits per heavy atom. The van der Waals surface area contributed by atoms with E-state index in [1.54, 1.807) is 0 Å². The fourth-order valence-corrected chi connectivity index (χ4v) is 4.26. The first-order valence-corrected chi connectivity index (χ1v) is 7.57. The predicted molar refractivity (Wildman–Crippen MR) is 72.6 cm³/mol. The number of hydrogen-bond donors (Lipinski definition) is 1. The molecule has 0 spiro atoms. The van der Waals surface area contributed by atoms with E-state index in [4.69, 9.17) is 5.73 Å². The number of fused-ring (bicyclic) bond motifs is 1. The van der Waals surface area contributed by atoms with Crippen LogP contribution in [0.1, 0.15) is 56.7 Å². The van der Waals surface area contributed by atoms with Gasteiger partial charge in [-0.2, -0.15) is 0 Å². The number of rotatable bonds is 3. The molecule has 17 heavy (non-hydrogen) atoms. The van der Waals surface area contributed by atoms with Crippen molar-refractivity contribution in [2.45, 2.75) is 55.7 Å². The van der Waals surface area contributed by atoms with Gasteiger partial charge in [-0.3, -0.25) is 4.21 Å². The molecule has 2 rings (SSSR count). The number of nitrogens with two attached hydrogens (primary N) is 1. The van der Waals surface area contributed by atoms with E-state index in [1.165, 1.54) is 5.56 Å². The van der Waals surface area contributed by atoms with Crippen LogP contribution in [-0.4, -0.2) is 9.46 Å². The molecule has 1 heterocycles. The summed E-state index contributed by atoms with van der Waals surface area (Å²) in [4.78, 5) is 0.959. The molecule has 1 aliphatic heterocycles. The SMILES string of the molecule is CCCC1C(N)c2cc(C(C)C)ccc2S1=O. The highest BCUT2D eigenvalue weighted by molar-refractivity contribution is 7.86. The molecule has 2 N–H and O–H groups in total. The van der Waals surface area contributed by atoms with E-state index in [9.17, 15) is 4.21 Å². The van der Waals surface area contributed by atoms with Gasteiger partial charge in [0.1, 0.15) is 0 Å². The first-order chi connectivity index (χ1) is 8.06. The summed E-state index contributed by atoms with van der Waals surface area (Å²) in [5, 5.41) is 0.109. The zero-order valence-electron chi connectivity index (χ0n) is 10.8. The van der Waals surface area contributed by atoms with E-state index >= 15 is 0 Å². The van der Waals surface area contributed by atoms with Crippen LogP contribution in [0.15, 0.2) is 23.1 Å². The Morgan fingerprint density at radius 1 is 1.41 bits per heavy atom. The van der Waals surface area contributed by atoms with Crippen LogP contribution in [0.5, 0.6) is 0 Å². The van der Waals surface area contributed by atoms with Crippen LogP contribution in [0.4, 0.5) is 0 Å². The zero-order valence-corrected chi connectivity index (χ0v) is 11.6. The Bertz CT molecular complexity index is 442. The van der Waals surface area contributed by atoms with Crippen LogP contribution >= 0.6 is 0 Å². The maximum Gasteiger partial charge on any atom is 0.0587 e. The summed E-state index contributed by atoms with van der Waals surface area (Å²) in [6, 6.07) is 6.20. The van der Waals surface area contributed by atoms with E-state index in [1.807, 2.05) is 6.07 Å². The van der Waals surface area contributed by atoms with E-state index in [2.05, 4.69) is 32.9 Å². The summed E-state index contributed by atoms with van der Waals surface area (Å²) in [6.07, 6.45) is 1.98. The van der Waals surface area contributed by atoms with Crippen LogP contribution in [0.25, 0.3) is 0 Å². The van der Waals surface area contributed by atoms with Gasteiger partial charge in [-0.25, -0.2) is 0 Å². The lowest BCUT2D eigenvalue weighted by Gasteiger charge is -2.13. The number of hydrogen-bond acceptors (Lipinski definition) is 2. The predicted octanol–water partition coefficient (Wildman–Crippen LogP) is 3.10. The Morgan fingerprint density at radius 3 is 2.71 bits per heavy atom. The van der Waals surface area contributed by atoms with Crippen LogP contribution in [0.2, 0.25) is 0 Å². The Balaban J connectivity index is 2.39. The van der Waals surface area contributed by atoms with E-state index < -0.39 is 10.8 Å². The van der Waals surface area contributed by atoms with Gasteiger partial charge in [-0.1, -0.05) is 39.3 Å². The zero-order chi connectivity index (χ0) is 12.6. The summed E-state index contributed by atoms with van der Waals surface area (Å²) in [6.45, 7) is 6.46. The van der Waals surface area contributed by atoms with Crippen LogP contribution in [-0.2, 0) is 10.8 Å². The topological polar surface area (TPSA) is 43.1 Å². The average Bonchev–Trinajstić information content (AvgIpc) is 2.54. The van der Waals surface area contributed by atoms with Crippen molar-refractivity contribution in [2.75, 3.05) is 0 Å². The minimum absolute atomic E-state index is 0.0514. The highest BCUT2D eigenvalue weighted by atomic mass is 32.2. The van der Waals surface area contributed by atoms with Crippen LogP contribution < -0.4 is 5.73 Å². The second-order valence-corrected chi connectivity index (χ2v) is 6.74. The smallest absolute Gasteiger partial charge is 0.0587 e. The van der Waals surface area contributed by atoms with Gasteiger partial charge in [0.05, 0.1) is 16.0 Å². The quantitative estimate of drug-likeness (QED) is 0.897. The molecular formula is C14H21NOS. The molecule has 0 amide bonds. The largest absolute Gasteiger partial charge is 0.323 e. The highest BCUT2D eigenvalue weighted by Gasteiger charge is 2.35. The second kappa shape index (κ2) is 4.91. The van der Waals surface area contributed by atoms with Gasteiger partial charge in [0.15, 0.2) is 0 Å². The van der Waals surface area contributed by atoms with Gasteiger partial charge < -0.3 is 5.73 Å². The summed E-state index contributed by atoms with van der Waals surface area (Å²) in [5.41, 5.74) is 8.63. The van der Waals surface area contributed by atoms with Crippen molar-refractivity contribution >= 4 is 10.8 Å². The third kappa shape index (κ3) is 2.18. The highest BCUT2D eigenvalue weighted by Crippen LogP contribution is 2.38. The molecule has 0 radical (unpaired) electrons. The molecule has 1 aromatic rings. The summed E-state index contributed by atoms with van der Waals surface area (Å²) in [5.74, 6) is 0.492. The molecule has 94 valence electrons. The third-order valence-electron chi connectivity index (χ3n) is 3.53. The fraction of sp³-hybridized carbons (Fsp3) is 0.571. The minimum atomic E-state index is -0.912.